The minimum absolute atomic E-state index is 0.0115. The zero-order valence-electron chi connectivity index (χ0n) is 23.5. The first-order valence-corrected chi connectivity index (χ1v) is 14.2. The number of allylic oxidation sites excluding steroid dienone is 1. The maximum Gasteiger partial charge on any atom is 0.274 e. The van der Waals surface area contributed by atoms with E-state index in [9.17, 15) is 28.0 Å². The molecule has 0 bridgehead atoms. The van der Waals surface area contributed by atoms with Gasteiger partial charge in [-0.15, -0.1) is 11.3 Å². The normalized spacial score (nSPS) is 11.9. The lowest BCUT2D eigenvalue weighted by molar-refractivity contribution is -0.129. The van der Waals surface area contributed by atoms with Crippen LogP contribution in [-0.4, -0.2) is 47.0 Å². The third-order valence-electron chi connectivity index (χ3n) is 6.24. The summed E-state index contributed by atoms with van der Waals surface area (Å²) in [5.74, 6) is -2.73. The van der Waals surface area contributed by atoms with E-state index in [1.165, 1.54) is 41.2 Å². The monoisotopic (exact) mass is 625 g/mol. The first kappa shape index (κ1) is 32.0. The predicted octanol–water partition coefficient (Wildman–Crippen LogP) is 3.25. The summed E-state index contributed by atoms with van der Waals surface area (Å²) in [5, 5.41) is 5.70. The van der Waals surface area contributed by atoms with Gasteiger partial charge in [0.1, 0.15) is 47.3 Å². The summed E-state index contributed by atoms with van der Waals surface area (Å²) in [6.45, 7) is -0.301. The minimum Gasteiger partial charge on any atom is -0.487 e. The molecule has 4 rings (SSSR count). The van der Waals surface area contributed by atoms with E-state index in [2.05, 4.69) is 15.6 Å². The summed E-state index contributed by atoms with van der Waals surface area (Å²) < 4.78 is 40.0. The van der Waals surface area contributed by atoms with Gasteiger partial charge in [0.15, 0.2) is 0 Å². The number of carbonyl (C=O) groups excluding carboxylic acids is 3. The van der Waals surface area contributed by atoms with Crippen molar-refractivity contribution in [2.24, 2.45) is 5.73 Å². The zero-order valence-corrected chi connectivity index (χ0v) is 24.4. The van der Waals surface area contributed by atoms with Crippen LogP contribution in [0.4, 0.5) is 14.5 Å². The van der Waals surface area contributed by atoms with E-state index in [0.29, 0.717) is 21.0 Å². The number of carbonyl (C=O) groups is 3. The number of methoxy groups -OCH3 is 1. The van der Waals surface area contributed by atoms with Crippen LogP contribution >= 0.6 is 11.3 Å². The number of anilines is 1. The quantitative estimate of drug-likeness (QED) is 0.182. The average Bonchev–Trinajstić information content (AvgIpc) is 3.39. The van der Waals surface area contributed by atoms with Gasteiger partial charge < -0.3 is 30.4 Å². The topological polar surface area (TPSA) is 155 Å². The number of nitrogens with two attached hydrogens (primary N) is 1. The van der Waals surface area contributed by atoms with Gasteiger partial charge in [-0.2, -0.15) is 0 Å². The molecule has 3 amide bonds. The molecule has 0 spiro atoms. The van der Waals surface area contributed by atoms with Gasteiger partial charge in [0.25, 0.3) is 5.56 Å². The van der Waals surface area contributed by atoms with Gasteiger partial charge in [0.05, 0.1) is 16.8 Å². The van der Waals surface area contributed by atoms with Crippen molar-refractivity contribution in [2.75, 3.05) is 19.0 Å². The number of halogens is 2. The SMILES string of the molecule is COCC(=O)NC(CC/C=C/C(N)=O)C(=O)Nc1cccn(Cc2nc3cccc(OCc4ccc(F)cc4F)c3s2)c1=O. The highest BCUT2D eigenvalue weighted by atomic mass is 32.1. The number of pyridine rings is 1. The number of amides is 3. The molecule has 0 saturated carbocycles. The highest BCUT2D eigenvalue weighted by molar-refractivity contribution is 7.19. The molecular formula is C30H29F2N5O6S. The number of thiazole rings is 1. The Labute approximate surface area is 254 Å². The number of aromatic nitrogens is 2. The number of fused-ring (bicyclic) bond motifs is 1. The molecule has 4 aromatic rings. The Hall–Kier alpha value is -4.95. The molecule has 230 valence electrons. The number of hydrogen-bond donors (Lipinski definition) is 3. The highest BCUT2D eigenvalue weighted by Crippen LogP contribution is 2.32. The predicted molar refractivity (Wildman–Crippen MR) is 160 cm³/mol. The van der Waals surface area contributed by atoms with Crippen molar-refractivity contribution < 1.29 is 32.6 Å². The van der Waals surface area contributed by atoms with Crippen LogP contribution in [0.25, 0.3) is 10.2 Å². The molecule has 1 unspecified atom stereocenters. The van der Waals surface area contributed by atoms with Crippen molar-refractivity contribution >= 4 is 45.0 Å². The van der Waals surface area contributed by atoms with E-state index in [0.717, 1.165) is 18.2 Å². The Morgan fingerprint density at radius 1 is 1.16 bits per heavy atom. The summed E-state index contributed by atoms with van der Waals surface area (Å²) in [7, 11) is 1.34. The molecule has 2 heterocycles. The Morgan fingerprint density at radius 3 is 2.73 bits per heavy atom. The van der Waals surface area contributed by atoms with E-state index in [1.807, 2.05) is 0 Å². The lowest BCUT2D eigenvalue weighted by Crippen LogP contribution is -2.45. The van der Waals surface area contributed by atoms with Crippen molar-refractivity contribution in [1.29, 1.82) is 0 Å². The zero-order chi connectivity index (χ0) is 31.6. The second-order valence-electron chi connectivity index (χ2n) is 9.52. The summed E-state index contributed by atoms with van der Waals surface area (Å²) in [5.41, 5.74) is 5.38. The van der Waals surface area contributed by atoms with Gasteiger partial charge in [-0.1, -0.05) is 12.1 Å². The van der Waals surface area contributed by atoms with Crippen molar-refractivity contribution in [3.05, 3.63) is 99.4 Å². The lowest BCUT2D eigenvalue weighted by atomic mass is 10.1. The number of nitrogens with zero attached hydrogens (tertiary/aromatic N) is 2. The molecule has 0 fully saturated rings. The van der Waals surface area contributed by atoms with Crippen molar-refractivity contribution in [3.8, 4) is 5.75 Å². The molecule has 0 saturated heterocycles. The second kappa shape index (κ2) is 15.0. The van der Waals surface area contributed by atoms with Crippen molar-refractivity contribution in [1.82, 2.24) is 14.9 Å². The fraction of sp³-hybridized carbons (Fsp3) is 0.233. The van der Waals surface area contributed by atoms with Crippen LogP contribution in [0.15, 0.2) is 71.7 Å². The van der Waals surface area contributed by atoms with Crippen molar-refractivity contribution in [2.45, 2.75) is 32.0 Å². The molecule has 0 aliphatic rings. The number of primary amides is 1. The standard InChI is InChI=1S/C30H29F2N5O6S/c1-42-17-26(39)34-22(6-2-3-10-25(33)38)29(40)36-23-8-5-13-37(30(23)41)15-27-35-21-7-4-9-24(28(21)44-27)43-16-18-11-12-19(31)14-20(18)32/h3-5,7-14,22H,2,6,15-17H2,1H3,(H2,33,38)(H,34,39)(H,36,40)/b10-3+. The van der Waals surface area contributed by atoms with Crippen LogP contribution in [0.1, 0.15) is 23.4 Å². The smallest absolute Gasteiger partial charge is 0.274 e. The minimum atomic E-state index is -1.02. The molecule has 14 heteroatoms. The Balaban J connectivity index is 1.48. The van der Waals surface area contributed by atoms with Crippen LogP contribution in [0.2, 0.25) is 0 Å². The van der Waals surface area contributed by atoms with Gasteiger partial charge in [-0.3, -0.25) is 19.2 Å². The van der Waals surface area contributed by atoms with E-state index in [1.54, 1.807) is 30.5 Å². The molecule has 4 N–H and O–H groups in total. The molecule has 0 radical (unpaired) electrons. The molecule has 11 nitrogen and oxygen atoms in total. The molecule has 2 aromatic carbocycles. The molecule has 0 aliphatic heterocycles. The van der Waals surface area contributed by atoms with Gasteiger partial charge in [-0.05, 0) is 55.3 Å². The summed E-state index contributed by atoms with van der Waals surface area (Å²) in [6, 6.07) is 10.5. The van der Waals surface area contributed by atoms with Crippen LogP contribution in [0.3, 0.4) is 0 Å². The maximum absolute atomic E-state index is 14.1. The van der Waals surface area contributed by atoms with Crippen LogP contribution in [0, 0.1) is 11.6 Å². The average molecular weight is 626 g/mol. The molecule has 2 aromatic heterocycles. The Bertz CT molecular complexity index is 1760. The maximum atomic E-state index is 14.1. The van der Waals surface area contributed by atoms with Crippen LogP contribution in [0.5, 0.6) is 5.75 Å². The van der Waals surface area contributed by atoms with E-state index < -0.39 is 41.0 Å². The first-order chi connectivity index (χ1) is 21.1. The summed E-state index contributed by atoms with van der Waals surface area (Å²) >= 11 is 1.28. The molecule has 44 heavy (non-hydrogen) atoms. The van der Waals surface area contributed by atoms with E-state index >= 15 is 0 Å². The fourth-order valence-electron chi connectivity index (χ4n) is 4.17. The number of hydrogen-bond acceptors (Lipinski definition) is 8. The van der Waals surface area contributed by atoms with Gasteiger partial charge in [0.2, 0.25) is 17.7 Å². The first-order valence-electron chi connectivity index (χ1n) is 13.3. The van der Waals surface area contributed by atoms with E-state index in [-0.39, 0.29) is 43.9 Å². The Morgan fingerprint density at radius 2 is 1.98 bits per heavy atom. The molecular weight excluding hydrogens is 596 g/mol. The number of ether oxygens (including phenoxy) is 2. The van der Waals surface area contributed by atoms with Crippen LogP contribution < -0.4 is 26.7 Å². The van der Waals surface area contributed by atoms with Crippen molar-refractivity contribution in [3.63, 3.8) is 0 Å². The summed E-state index contributed by atoms with van der Waals surface area (Å²) in [4.78, 5) is 54.0. The van der Waals surface area contributed by atoms with Gasteiger partial charge in [-0.25, -0.2) is 13.8 Å². The second-order valence-corrected chi connectivity index (χ2v) is 10.6. The third-order valence-corrected chi connectivity index (χ3v) is 7.31. The van der Waals surface area contributed by atoms with Gasteiger partial charge >= 0.3 is 0 Å². The summed E-state index contributed by atoms with van der Waals surface area (Å²) in [6.07, 6.45) is 4.58. The Kier molecular flexibility index (Phi) is 10.9. The number of nitrogens with one attached hydrogen (secondary N) is 2. The lowest BCUT2D eigenvalue weighted by Gasteiger charge is -2.18. The number of rotatable bonds is 14. The molecule has 0 aliphatic carbocycles. The van der Waals surface area contributed by atoms with Gasteiger partial charge in [0, 0.05) is 24.9 Å². The van der Waals surface area contributed by atoms with E-state index in [4.69, 9.17) is 15.2 Å². The highest BCUT2D eigenvalue weighted by Gasteiger charge is 2.22. The molecule has 1 atom stereocenters. The van der Waals surface area contributed by atoms with Crippen LogP contribution in [-0.2, 0) is 32.3 Å². The third kappa shape index (κ3) is 8.55. The number of benzene rings is 2. The largest absolute Gasteiger partial charge is 0.487 e. The fourth-order valence-corrected chi connectivity index (χ4v) is 5.19.